The highest BCUT2D eigenvalue weighted by atomic mass is 19.4. The first-order valence-corrected chi connectivity index (χ1v) is 7.11. The standard InChI is InChI=1S/C16H15F3N2O4/c1-10-3-8-13(24-10)15(23)21(2)9-14(22)20-11-4-6-12(7-5-11)25-16(17,18)19/h3-8H,9H2,1-2H3,(H,20,22). The molecule has 0 fully saturated rings. The second kappa shape index (κ2) is 7.29. The van der Waals surface area contributed by atoms with E-state index in [2.05, 4.69) is 10.1 Å². The maximum Gasteiger partial charge on any atom is 0.573 e. The number of hydrogen-bond acceptors (Lipinski definition) is 4. The van der Waals surface area contributed by atoms with E-state index < -0.39 is 23.9 Å². The fourth-order valence-electron chi connectivity index (χ4n) is 1.97. The van der Waals surface area contributed by atoms with E-state index in [-0.39, 0.29) is 18.0 Å². The smallest absolute Gasteiger partial charge is 0.456 e. The van der Waals surface area contributed by atoms with Crippen molar-refractivity contribution in [3.63, 3.8) is 0 Å². The number of aryl methyl sites for hydroxylation is 1. The fraction of sp³-hybridized carbons (Fsp3) is 0.250. The van der Waals surface area contributed by atoms with E-state index in [1.165, 1.54) is 25.2 Å². The van der Waals surface area contributed by atoms with E-state index in [0.29, 0.717) is 5.76 Å². The molecule has 134 valence electrons. The second-order valence-corrected chi connectivity index (χ2v) is 5.19. The van der Waals surface area contributed by atoms with Crippen LogP contribution < -0.4 is 10.1 Å². The van der Waals surface area contributed by atoms with Crippen LogP contribution in [0.4, 0.5) is 18.9 Å². The van der Waals surface area contributed by atoms with Gasteiger partial charge in [-0.2, -0.15) is 0 Å². The second-order valence-electron chi connectivity index (χ2n) is 5.19. The van der Waals surface area contributed by atoms with Crippen molar-refractivity contribution in [3.05, 3.63) is 47.9 Å². The summed E-state index contributed by atoms with van der Waals surface area (Å²) in [7, 11) is 1.43. The van der Waals surface area contributed by atoms with Crippen molar-refractivity contribution >= 4 is 17.5 Å². The van der Waals surface area contributed by atoms with Crippen LogP contribution in [0.1, 0.15) is 16.3 Å². The molecule has 1 heterocycles. The molecule has 0 atom stereocenters. The highest BCUT2D eigenvalue weighted by Gasteiger charge is 2.31. The Morgan fingerprint density at radius 1 is 1.16 bits per heavy atom. The van der Waals surface area contributed by atoms with Gasteiger partial charge in [0.1, 0.15) is 11.5 Å². The predicted molar refractivity (Wildman–Crippen MR) is 82.2 cm³/mol. The number of benzene rings is 1. The number of amides is 2. The summed E-state index contributed by atoms with van der Waals surface area (Å²) in [5.74, 6) is -0.685. The van der Waals surface area contributed by atoms with Gasteiger partial charge >= 0.3 is 6.36 Å². The molecule has 2 aromatic rings. The molecule has 6 nitrogen and oxygen atoms in total. The minimum absolute atomic E-state index is 0.112. The van der Waals surface area contributed by atoms with Crippen LogP contribution in [0, 0.1) is 6.92 Å². The van der Waals surface area contributed by atoms with Gasteiger partial charge in [-0.25, -0.2) is 0 Å². The monoisotopic (exact) mass is 356 g/mol. The average Bonchev–Trinajstić information content (AvgIpc) is 2.93. The Hall–Kier alpha value is -2.97. The van der Waals surface area contributed by atoms with Crippen LogP contribution in [0.25, 0.3) is 0 Å². The third-order valence-electron chi connectivity index (χ3n) is 3.05. The number of nitrogens with one attached hydrogen (secondary N) is 1. The van der Waals surface area contributed by atoms with Gasteiger partial charge in [0, 0.05) is 12.7 Å². The molecule has 0 aliphatic carbocycles. The van der Waals surface area contributed by atoms with Crippen molar-refractivity contribution in [3.8, 4) is 5.75 Å². The molecule has 9 heteroatoms. The first kappa shape index (κ1) is 18.4. The van der Waals surface area contributed by atoms with Crippen LogP contribution in [-0.4, -0.2) is 36.7 Å². The van der Waals surface area contributed by atoms with Crippen LogP contribution >= 0.6 is 0 Å². The molecule has 0 aliphatic rings. The summed E-state index contributed by atoms with van der Waals surface area (Å²) in [6.45, 7) is 1.44. The average molecular weight is 356 g/mol. The summed E-state index contributed by atoms with van der Waals surface area (Å²) in [6.07, 6.45) is -4.78. The predicted octanol–water partition coefficient (Wildman–Crippen LogP) is 3.20. The number of hydrogen-bond donors (Lipinski definition) is 1. The summed E-state index contributed by atoms with van der Waals surface area (Å²) < 4.78 is 45.1. The van der Waals surface area contributed by atoms with Crippen LogP contribution in [0.5, 0.6) is 5.75 Å². The van der Waals surface area contributed by atoms with Crippen molar-refractivity contribution in [1.29, 1.82) is 0 Å². The number of halogens is 3. The van der Waals surface area contributed by atoms with Crippen LogP contribution in [0.3, 0.4) is 0 Å². The van der Waals surface area contributed by atoms with Gasteiger partial charge < -0.3 is 19.4 Å². The molecule has 0 aliphatic heterocycles. The molecular weight excluding hydrogens is 341 g/mol. The number of carbonyl (C=O) groups excluding carboxylic acids is 2. The van der Waals surface area contributed by atoms with Crippen LogP contribution in [0.15, 0.2) is 40.8 Å². The zero-order valence-corrected chi connectivity index (χ0v) is 13.4. The van der Waals surface area contributed by atoms with Gasteiger partial charge in [0.15, 0.2) is 5.76 Å². The first-order chi connectivity index (χ1) is 11.6. The number of carbonyl (C=O) groups is 2. The molecular formula is C16H15F3N2O4. The number of furan rings is 1. The Morgan fingerprint density at radius 3 is 2.32 bits per heavy atom. The summed E-state index contributed by atoms with van der Waals surface area (Å²) in [6, 6.07) is 7.80. The summed E-state index contributed by atoms with van der Waals surface area (Å²) in [4.78, 5) is 25.1. The van der Waals surface area contributed by atoms with Gasteiger partial charge in [0.25, 0.3) is 5.91 Å². The highest BCUT2D eigenvalue weighted by molar-refractivity contribution is 5.97. The van der Waals surface area contributed by atoms with Crippen molar-refractivity contribution in [2.45, 2.75) is 13.3 Å². The third-order valence-corrected chi connectivity index (χ3v) is 3.05. The maximum absolute atomic E-state index is 12.1. The Kier molecular flexibility index (Phi) is 5.35. The van der Waals surface area contributed by atoms with Gasteiger partial charge in [-0.1, -0.05) is 0 Å². The molecule has 1 aromatic carbocycles. The SMILES string of the molecule is Cc1ccc(C(=O)N(C)CC(=O)Nc2ccc(OC(F)(F)F)cc2)o1. The van der Waals surface area contributed by atoms with Crippen molar-refractivity contribution in [2.75, 3.05) is 18.9 Å². The number of ether oxygens (including phenoxy) is 1. The topological polar surface area (TPSA) is 71.8 Å². The largest absolute Gasteiger partial charge is 0.573 e. The molecule has 2 amide bonds. The summed E-state index contributed by atoms with van der Waals surface area (Å²) >= 11 is 0. The molecule has 0 bridgehead atoms. The molecule has 0 radical (unpaired) electrons. The van der Waals surface area contributed by atoms with E-state index in [9.17, 15) is 22.8 Å². The molecule has 1 N–H and O–H groups in total. The van der Waals surface area contributed by atoms with E-state index in [0.717, 1.165) is 17.0 Å². The van der Waals surface area contributed by atoms with Gasteiger partial charge in [0.2, 0.25) is 5.91 Å². The van der Waals surface area contributed by atoms with E-state index >= 15 is 0 Å². The number of rotatable bonds is 5. The minimum Gasteiger partial charge on any atom is -0.456 e. The molecule has 0 spiro atoms. The van der Waals surface area contributed by atoms with Crippen molar-refractivity contribution in [2.24, 2.45) is 0 Å². The van der Waals surface area contributed by atoms with E-state index in [4.69, 9.17) is 4.42 Å². The van der Waals surface area contributed by atoms with Gasteiger partial charge in [-0.15, -0.1) is 13.2 Å². The van der Waals surface area contributed by atoms with Gasteiger partial charge in [0.05, 0.1) is 6.54 Å². The third kappa shape index (κ3) is 5.55. The summed E-state index contributed by atoms with van der Waals surface area (Å²) in [5.41, 5.74) is 0.272. The van der Waals surface area contributed by atoms with Gasteiger partial charge in [-0.05, 0) is 43.3 Å². The van der Waals surface area contributed by atoms with Crippen molar-refractivity contribution < 1.29 is 31.9 Å². The van der Waals surface area contributed by atoms with E-state index in [1.807, 2.05) is 0 Å². The molecule has 0 unspecified atom stereocenters. The lowest BCUT2D eigenvalue weighted by atomic mass is 10.3. The lowest BCUT2D eigenvalue weighted by molar-refractivity contribution is -0.274. The summed E-state index contributed by atoms with van der Waals surface area (Å²) in [5, 5.41) is 2.47. The fourth-order valence-corrected chi connectivity index (χ4v) is 1.97. The van der Waals surface area contributed by atoms with Crippen molar-refractivity contribution in [1.82, 2.24) is 4.90 Å². The maximum atomic E-state index is 12.1. The van der Waals surface area contributed by atoms with E-state index in [1.54, 1.807) is 13.0 Å². The highest BCUT2D eigenvalue weighted by Crippen LogP contribution is 2.23. The Morgan fingerprint density at radius 2 is 1.80 bits per heavy atom. The number of anilines is 1. The minimum atomic E-state index is -4.78. The molecule has 0 saturated carbocycles. The molecule has 25 heavy (non-hydrogen) atoms. The lowest BCUT2D eigenvalue weighted by Crippen LogP contribution is -2.34. The van der Waals surface area contributed by atoms with Gasteiger partial charge in [-0.3, -0.25) is 9.59 Å². The van der Waals surface area contributed by atoms with Crippen LogP contribution in [-0.2, 0) is 4.79 Å². The quantitative estimate of drug-likeness (QED) is 0.893. The zero-order valence-electron chi connectivity index (χ0n) is 13.4. The Labute approximate surface area is 141 Å². The number of nitrogens with zero attached hydrogens (tertiary/aromatic N) is 1. The van der Waals surface area contributed by atoms with Crippen LogP contribution in [0.2, 0.25) is 0 Å². The Bertz CT molecular complexity index is 753. The molecule has 0 saturated heterocycles. The first-order valence-electron chi connectivity index (χ1n) is 7.11. The number of likely N-dealkylation sites (N-methyl/N-ethyl adjacent to an activating group) is 1. The normalized spacial score (nSPS) is 11.1. The Balaban J connectivity index is 1.90. The molecule has 2 rings (SSSR count). The number of alkyl halides is 3. The zero-order chi connectivity index (χ0) is 18.6. The lowest BCUT2D eigenvalue weighted by Gasteiger charge is -2.15. The molecule has 1 aromatic heterocycles.